The Morgan fingerprint density at radius 2 is 2.14 bits per heavy atom. The van der Waals surface area contributed by atoms with Crippen molar-refractivity contribution in [2.45, 2.75) is 18.9 Å². The van der Waals surface area contributed by atoms with E-state index >= 15 is 0 Å². The Labute approximate surface area is 83.9 Å². The molecule has 1 aromatic rings. The molecule has 0 aromatic carbocycles. The summed E-state index contributed by atoms with van der Waals surface area (Å²) in [6.07, 6.45) is -1.93. The third-order valence-corrected chi connectivity index (χ3v) is 2.00. The van der Waals surface area contributed by atoms with Gasteiger partial charge in [-0.2, -0.15) is 0 Å². The summed E-state index contributed by atoms with van der Waals surface area (Å²) in [5.41, 5.74) is 5.30. The lowest BCUT2D eigenvalue weighted by molar-refractivity contribution is 0.116. The Kier molecular flexibility index (Phi) is 3.71. The molecule has 0 bridgehead atoms. The molecule has 0 aliphatic carbocycles. The minimum Gasteiger partial charge on any atom is -0.323 e. The predicted molar refractivity (Wildman–Crippen MR) is 46.9 cm³/mol. The minimum absolute atomic E-state index is 0.00231. The zero-order valence-corrected chi connectivity index (χ0v) is 7.81. The van der Waals surface area contributed by atoms with Crippen LogP contribution in [0.25, 0.3) is 0 Å². The van der Waals surface area contributed by atoms with Crippen molar-refractivity contribution in [3.05, 3.63) is 28.8 Å². The normalized spacial score (nSPS) is 13.3. The number of hydrogen-bond donors (Lipinski definition) is 1. The molecule has 0 saturated carbocycles. The maximum absolute atomic E-state index is 12.6. The van der Waals surface area contributed by atoms with Gasteiger partial charge in [0.15, 0.2) is 0 Å². The first-order valence-electron chi connectivity index (χ1n) is 3.84. The molecule has 0 spiro atoms. The van der Waals surface area contributed by atoms with Crippen LogP contribution in [0.3, 0.4) is 0 Å². The second-order valence-corrected chi connectivity index (χ2v) is 3.16. The van der Waals surface area contributed by atoms with Crippen LogP contribution in [0, 0.1) is 5.82 Å². The summed E-state index contributed by atoms with van der Waals surface area (Å²) in [5, 5.41) is 0.00231. The van der Waals surface area contributed by atoms with E-state index in [2.05, 4.69) is 4.98 Å². The Hall–Kier alpha value is -0.810. The Balaban J connectivity index is 2.80. The highest BCUT2D eigenvalue weighted by atomic mass is 35.5. The van der Waals surface area contributed by atoms with E-state index in [-0.39, 0.29) is 17.1 Å². The summed E-state index contributed by atoms with van der Waals surface area (Å²) in [6, 6.07) is -0.298. The molecular weight excluding hydrogens is 217 g/mol. The largest absolute Gasteiger partial charge is 0.323 e. The van der Waals surface area contributed by atoms with E-state index < -0.39 is 18.3 Å². The van der Waals surface area contributed by atoms with Crippen LogP contribution in [0.5, 0.6) is 0 Å². The van der Waals surface area contributed by atoms with Crippen molar-refractivity contribution >= 4 is 11.6 Å². The third kappa shape index (κ3) is 2.85. The molecule has 2 nitrogen and oxygen atoms in total. The van der Waals surface area contributed by atoms with Crippen molar-refractivity contribution in [2.75, 3.05) is 0 Å². The number of nitrogens with zero attached hydrogens (tertiary/aromatic N) is 1. The molecule has 0 saturated heterocycles. The van der Waals surface area contributed by atoms with Gasteiger partial charge in [-0.3, -0.25) is 0 Å². The van der Waals surface area contributed by atoms with E-state index in [4.69, 9.17) is 17.3 Å². The average molecular weight is 225 g/mol. The van der Waals surface area contributed by atoms with Gasteiger partial charge in [-0.15, -0.1) is 0 Å². The number of pyridine rings is 1. The van der Waals surface area contributed by atoms with Gasteiger partial charge < -0.3 is 5.73 Å². The highest BCUT2D eigenvalue weighted by Crippen LogP contribution is 2.16. The SMILES string of the molecule is NC(Cc1cc(F)cnc1Cl)C(F)F. The Morgan fingerprint density at radius 1 is 1.50 bits per heavy atom. The van der Waals surface area contributed by atoms with Gasteiger partial charge in [-0.1, -0.05) is 11.6 Å². The Morgan fingerprint density at radius 3 is 2.71 bits per heavy atom. The lowest BCUT2D eigenvalue weighted by Gasteiger charge is -2.10. The first kappa shape index (κ1) is 11.3. The molecule has 78 valence electrons. The molecule has 0 aliphatic heterocycles. The topological polar surface area (TPSA) is 38.9 Å². The van der Waals surface area contributed by atoms with E-state index in [1.807, 2.05) is 0 Å². The summed E-state index contributed by atoms with van der Waals surface area (Å²) < 4.78 is 36.8. The van der Waals surface area contributed by atoms with Crippen LogP contribution >= 0.6 is 11.6 Å². The molecule has 14 heavy (non-hydrogen) atoms. The van der Waals surface area contributed by atoms with Crippen LogP contribution in [-0.2, 0) is 6.42 Å². The number of aromatic nitrogens is 1. The zero-order valence-electron chi connectivity index (χ0n) is 7.05. The monoisotopic (exact) mass is 224 g/mol. The molecule has 1 aromatic heterocycles. The van der Waals surface area contributed by atoms with Crippen LogP contribution in [0.15, 0.2) is 12.3 Å². The maximum atomic E-state index is 12.6. The quantitative estimate of drug-likeness (QED) is 0.798. The molecule has 1 atom stereocenters. The molecule has 2 N–H and O–H groups in total. The second kappa shape index (κ2) is 4.61. The smallest absolute Gasteiger partial charge is 0.253 e. The molecule has 6 heteroatoms. The van der Waals surface area contributed by atoms with Crippen molar-refractivity contribution in [3.8, 4) is 0 Å². The van der Waals surface area contributed by atoms with Gasteiger partial charge in [0.05, 0.1) is 12.2 Å². The summed E-state index contributed by atoms with van der Waals surface area (Å²) in [7, 11) is 0. The standard InChI is InChI=1S/C8H8ClF3N2/c9-7-4(1-5(10)3-14-7)2-6(13)8(11)12/h1,3,6,8H,2,13H2. The van der Waals surface area contributed by atoms with E-state index in [0.29, 0.717) is 0 Å². The van der Waals surface area contributed by atoms with Crippen LogP contribution in [0.4, 0.5) is 13.2 Å². The minimum atomic E-state index is -2.66. The zero-order chi connectivity index (χ0) is 10.7. The molecular formula is C8H8ClF3N2. The molecule has 1 rings (SSSR count). The van der Waals surface area contributed by atoms with Crippen LogP contribution in [0.1, 0.15) is 5.56 Å². The highest BCUT2D eigenvalue weighted by molar-refractivity contribution is 6.30. The number of hydrogen-bond acceptors (Lipinski definition) is 2. The van der Waals surface area contributed by atoms with Gasteiger partial charge in [0, 0.05) is 0 Å². The van der Waals surface area contributed by atoms with Crippen LogP contribution in [0.2, 0.25) is 5.15 Å². The first-order chi connectivity index (χ1) is 6.50. The van der Waals surface area contributed by atoms with Crippen molar-refractivity contribution in [1.29, 1.82) is 0 Å². The van der Waals surface area contributed by atoms with Gasteiger partial charge in [0.1, 0.15) is 11.0 Å². The molecule has 0 radical (unpaired) electrons. The lowest BCUT2D eigenvalue weighted by atomic mass is 10.1. The fraction of sp³-hybridized carbons (Fsp3) is 0.375. The fourth-order valence-corrected chi connectivity index (χ4v) is 1.13. The van der Waals surface area contributed by atoms with Gasteiger partial charge in [-0.25, -0.2) is 18.2 Å². The van der Waals surface area contributed by atoms with Gasteiger partial charge >= 0.3 is 0 Å². The third-order valence-electron chi connectivity index (χ3n) is 1.66. The molecule has 1 heterocycles. The summed E-state index contributed by atoms with van der Waals surface area (Å²) >= 11 is 5.57. The van der Waals surface area contributed by atoms with Crippen molar-refractivity contribution in [2.24, 2.45) is 5.73 Å². The van der Waals surface area contributed by atoms with Gasteiger partial charge in [-0.05, 0) is 18.1 Å². The highest BCUT2D eigenvalue weighted by Gasteiger charge is 2.17. The van der Waals surface area contributed by atoms with Gasteiger partial charge in [0.2, 0.25) is 0 Å². The van der Waals surface area contributed by atoms with Crippen molar-refractivity contribution in [1.82, 2.24) is 4.98 Å². The van der Waals surface area contributed by atoms with Crippen molar-refractivity contribution in [3.63, 3.8) is 0 Å². The maximum Gasteiger partial charge on any atom is 0.253 e. The molecule has 0 fully saturated rings. The summed E-state index contributed by atoms with van der Waals surface area (Å²) in [6.45, 7) is 0. The second-order valence-electron chi connectivity index (χ2n) is 2.81. The fourth-order valence-electron chi connectivity index (χ4n) is 0.951. The molecule has 0 amide bonds. The van der Waals surface area contributed by atoms with Crippen molar-refractivity contribution < 1.29 is 13.2 Å². The van der Waals surface area contributed by atoms with E-state index in [9.17, 15) is 13.2 Å². The summed E-state index contributed by atoms with van der Waals surface area (Å²) in [5.74, 6) is -0.620. The van der Waals surface area contributed by atoms with Crippen LogP contribution < -0.4 is 5.73 Å². The van der Waals surface area contributed by atoms with E-state index in [1.165, 1.54) is 0 Å². The number of alkyl halides is 2. The lowest BCUT2D eigenvalue weighted by Crippen LogP contribution is -2.31. The molecule has 1 unspecified atom stereocenters. The number of halogens is 4. The summed E-state index contributed by atoms with van der Waals surface area (Å²) in [4.78, 5) is 3.48. The van der Waals surface area contributed by atoms with E-state index in [0.717, 1.165) is 12.3 Å². The van der Waals surface area contributed by atoms with E-state index in [1.54, 1.807) is 0 Å². The Bertz CT molecular complexity index is 319. The average Bonchev–Trinajstić information content (AvgIpc) is 2.11. The first-order valence-corrected chi connectivity index (χ1v) is 4.22. The number of nitrogens with two attached hydrogens (primary N) is 1. The van der Waals surface area contributed by atoms with Gasteiger partial charge in [0.25, 0.3) is 6.43 Å². The number of rotatable bonds is 3. The van der Waals surface area contributed by atoms with Crippen LogP contribution in [-0.4, -0.2) is 17.5 Å². The molecule has 0 aliphatic rings. The predicted octanol–water partition coefficient (Wildman–Crippen LogP) is 2.01.